The Balaban J connectivity index is 1.99. The molecule has 2 aliphatic rings. The lowest BCUT2D eigenvalue weighted by Gasteiger charge is -2.36. The molecule has 0 spiro atoms. The lowest BCUT2D eigenvalue weighted by atomic mass is 9.86. The van der Waals surface area contributed by atoms with Crippen LogP contribution >= 0.6 is 0 Å². The van der Waals surface area contributed by atoms with Crippen LogP contribution in [0.4, 0.5) is 0 Å². The van der Waals surface area contributed by atoms with E-state index >= 15 is 0 Å². The summed E-state index contributed by atoms with van der Waals surface area (Å²) in [4.78, 5) is 26.1. The zero-order valence-corrected chi connectivity index (χ0v) is 13.0. The largest absolute Gasteiger partial charge is 0.496 e. The minimum absolute atomic E-state index is 0.0380. The number of hydrogen-bond acceptors (Lipinski definition) is 4. The number of carbonyl (C=O) groups excluding carboxylic acids is 2. The molecule has 118 valence electrons. The Hall–Kier alpha value is -2.04. The van der Waals surface area contributed by atoms with Crippen molar-refractivity contribution >= 4 is 11.9 Å². The molecule has 1 amide bonds. The van der Waals surface area contributed by atoms with E-state index in [1.54, 1.807) is 12.0 Å². The highest BCUT2D eigenvalue weighted by atomic mass is 16.5. The normalized spacial score (nSPS) is 24.1. The molecule has 3 rings (SSSR count). The third-order valence-corrected chi connectivity index (χ3v) is 4.72. The standard InChI is InChI=1S/C17H21NO4/c1-21-15-8-4-5-11-12(15)6-3-7-13(11)18-14(17(20)22-2)9-10-16(18)19/h4-5,8,13-14H,3,6-7,9-10H2,1-2H3. The summed E-state index contributed by atoms with van der Waals surface area (Å²) in [6, 6.07) is 5.42. The Morgan fingerprint density at radius 3 is 2.77 bits per heavy atom. The van der Waals surface area contributed by atoms with Gasteiger partial charge in [0.1, 0.15) is 11.8 Å². The summed E-state index contributed by atoms with van der Waals surface area (Å²) >= 11 is 0. The SMILES string of the molecule is COC(=O)C1CCC(=O)N1C1CCCc2c(OC)cccc21. The number of fused-ring (bicyclic) bond motifs is 1. The topological polar surface area (TPSA) is 55.8 Å². The molecule has 0 bridgehead atoms. The molecule has 22 heavy (non-hydrogen) atoms. The maximum Gasteiger partial charge on any atom is 0.328 e. The molecule has 1 aliphatic carbocycles. The summed E-state index contributed by atoms with van der Waals surface area (Å²) in [5, 5.41) is 0. The van der Waals surface area contributed by atoms with E-state index in [1.165, 1.54) is 7.11 Å². The van der Waals surface area contributed by atoms with E-state index < -0.39 is 6.04 Å². The molecule has 5 heteroatoms. The molecule has 2 atom stereocenters. The average molecular weight is 303 g/mol. The van der Waals surface area contributed by atoms with Crippen molar-refractivity contribution in [2.45, 2.75) is 44.2 Å². The van der Waals surface area contributed by atoms with Gasteiger partial charge in [-0.15, -0.1) is 0 Å². The first-order chi connectivity index (χ1) is 10.7. The fourth-order valence-electron chi connectivity index (χ4n) is 3.73. The summed E-state index contributed by atoms with van der Waals surface area (Å²) in [6.07, 6.45) is 3.76. The van der Waals surface area contributed by atoms with Crippen LogP contribution in [0.5, 0.6) is 5.75 Å². The van der Waals surface area contributed by atoms with E-state index in [1.807, 2.05) is 18.2 Å². The van der Waals surface area contributed by atoms with Crippen molar-refractivity contribution in [1.29, 1.82) is 0 Å². The minimum atomic E-state index is -0.459. The molecular formula is C17H21NO4. The molecule has 0 N–H and O–H groups in total. The predicted molar refractivity (Wildman–Crippen MR) is 80.6 cm³/mol. The average Bonchev–Trinajstić information content (AvgIpc) is 2.94. The molecule has 0 aromatic heterocycles. The molecule has 1 aliphatic heterocycles. The van der Waals surface area contributed by atoms with Gasteiger partial charge in [0.15, 0.2) is 0 Å². The quantitative estimate of drug-likeness (QED) is 0.804. The number of amides is 1. The highest BCUT2D eigenvalue weighted by molar-refractivity contribution is 5.88. The second-order valence-corrected chi connectivity index (χ2v) is 5.81. The molecule has 1 fully saturated rings. The number of benzene rings is 1. The molecule has 1 heterocycles. The number of nitrogens with zero attached hydrogens (tertiary/aromatic N) is 1. The second kappa shape index (κ2) is 5.99. The Kier molecular flexibility index (Phi) is 4.05. The second-order valence-electron chi connectivity index (χ2n) is 5.81. The zero-order chi connectivity index (χ0) is 15.7. The van der Waals surface area contributed by atoms with Gasteiger partial charge in [0.25, 0.3) is 0 Å². The van der Waals surface area contributed by atoms with Crippen molar-refractivity contribution in [2.75, 3.05) is 14.2 Å². The van der Waals surface area contributed by atoms with E-state index in [0.717, 1.165) is 36.1 Å². The van der Waals surface area contributed by atoms with Crippen LogP contribution in [0.1, 0.15) is 42.9 Å². The van der Waals surface area contributed by atoms with Crippen molar-refractivity contribution in [2.24, 2.45) is 0 Å². The lowest BCUT2D eigenvalue weighted by molar-refractivity contribution is -0.151. The molecule has 1 aromatic rings. The summed E-state index contributed by atoms with van der Waals surface area (Å²) in [7, 11) is 3.04. The number of methoxy groups -OCH3 is 2. The van der Waals surface area contributed by atoms with E-state index in [2.05, 4.69) is 0 Å². The minimum Gasteiger partial charge on any atom is -0.496 e. The number of esters is 1. The van der Waals surface area contributed by atoms with Gasteiger partial charge in [0.2, 0.25) is 5.91 Å². The van der Waals surface area contributed by atoms with Crippen LogP contribution < -0.4 is 4.74 Å². The van der Waals surface area contributed by atoms with E-state index in [9.17, 15) is 9.59 Å². The van der Waals surface area contributed by atoms with Crippen LogP contribution in [0.15, 0.2) is 18.2 Å². The van der Waals surface area contributed by atoms with Gasteiger partial charge in [0, 0.05) is 6.42 Å². The highest BCUT2D eigenvalue weighted by Crippen LogP contribution is 2.41. The first-order valence-electron chi connectivity index (χ1n) is 7.72. The molecular weight excluding hydrogens is 282 g/mol. The van der Waals surface area contributed by atoms with Gasteiger partial charge in [-0.2, -0.15) is 0 Å². The Labute approximate surface area is 130 Å². The van der Waals surface area contributed by atoms with E-state index in [0.29, 0.717) is 12.8 Å². The molecule has 1 aromatic carbocycles. The third kappa shape index (κ3) is 2.34. The molecule has 0 saturated carbocycles. The van der Waals surface area contributed by atoms with Gasteiger partial charge < -0.3 is 14.4 Å². The number of ether oxygens (including phenoxy) is 2. The van der Waals surface area contributed by atoms with Gasteiger partial charge in [-0.05, 0) is 42.9 Å². The van der Waals surface area contributed by atoms with Crippen molar-refractivity contribution in [3.63, 3.8) is 0 Å². The van der Waals surface area contributed by atoms with Gasteiger partial charge >= 0.3 is 5.97 Å². The van der Waals surface area contributed by atoms with Gasteiger partial charge in [0.05, 0.1) is 20.3 Å². The van der Waals surface area contributed by atoms with Crippen LogP contribution in [0.25, 0.3) is 0 Å². The maximum absolute atomic E-state index is 12.4. The smallest absolute Gasteiger partial charge is 0.328 e. The van der Waals surface area contributed by atoms with E-state index in [-0.39, 0.29) is 17.9 Å². The Bertz CT molecular complexity index is 598. The van der Waals surface area contributed by atoms with E-state index in [4.69, 9.17) is 9.47 Å². The van der Waals surface area contributed by atoms with Crippen molar-refractivity contribution < 1.29 is 19.1 Å². The first-order valence-corrected chi connectivity index (χ1v) is 7.72. The number of carbonyl (C=O) groups is 2. The van der Waals surface area contributed by atoms with Gasteiger partial charge in [-0.1, -0.05) is 12.1 Å². The summed E-state index contributed by atoms with van der Waals surface area (Å²) in [6.45, 7) is 0. The fourth-order valence-corrected chi connectivity index (χ4v) is 3.73. The third-order valence-electron chi connectivity index (χ3n) is 4.72. The molecule has 1 saturated heterocycles. The Morgan fingerprint density at radius 1 is 1.23 bits per heavy atom. The van der Waals surface area contributed by atoms with Gasteiger partial charge in [-0.3, -0.25) is 4.79 Å². The highest BCUT2D eigenvalue weighted by Gasteiger charge is 2.42. The number of rotatable bonds is 3. The van der Waals surface area contributed by atoms with Crippen LogP contribution in [0.3, 0.4) is 0 Å². The van der Waals surface area contributed by atoms with Crippen LogP contribution in [-0.4, -0.2) is 37.0 Å². The molecule has 5 nitrogen and oxygen atoms in total. The number of likely N-dealkylation sites (tertiary alicyclic amines) is 1. The predicted octanol–water partition coefficient (Wildman–Crippen LogP) is 2.24. The fraction of sp³-hybridized carbons (Fsp3) is 0.529. The summed E-state index contributed by atoms with van der Waals surface area (Å²) < 4.78 is 10.3. The van der Waals surface area contributed by atoms with Crippen LogP contribution in [0.2, 0.25) is 0 Å². The van der Waals surface area contributed by atoms with Crippen LogP contribution in [0, 0.1) is 0 Å². The van der Waals surface area contributed by atoms with Crippen LogP contribution in [-0.2, 0) is 20.7 Å². The number of hydrogen-bond donors (Lipinski definition) is 0. The molecule has 2 unspecified atom stereocenters. The maximum atomic E-state index is 12.4. The van der Waals surface area contributed by atoms with Crippen molar-refractivity contribution in [1.82, 2.24) is 4.90 Å². The first kappa shape index (κ1) is 14.9. The summed E-state index contributed by atoms with van der Waals surface area (Å²) in [5.74, 6) is 0.584. The monoisotopic (exact) mass is 303 g/mol. The lowest BCUT2D eigenvalue weighted by Crippen LogP contribution is -2.42. The van der Waals surface area contributed by atoms with Crippen molar-refractivity contribution in [3.8, 4) is 5.75 Å². The summed E-state index contributed by atoms with van der Waals surface area (Å²) in [5.41, 5.74) is 2.26. The Morgan fingerprint density at radius 2 is 2.05 bits per heavy atom. The van der Waals surface area contributed by atoms with Gasteiger partial charge in [-0.25, -0.2) is 4.79 Å². The molecule has 0 radical (unpaired) electrons. The van der Waals surface area contributed by atoms with Crippen molar-refractivity contribution in [3.05, 3.63) is 29.3 Å². The zero-order valence-electron chi connectivity index (χ0n) is 13.0.